The van der Waals surface area contributed by atoms with Gasteiger partial charge in [0.1, 0.15) is 30.2 Å². The second-order valence-electron chi connectivity index (χ2n) is 12.9. The Labute approximate surface area is 295 Å². The predicted molar refractivity (Wildman–Crippen MR) is 177 cm³/mol. The number of ether oxygens (including phenoxy) is 4. The molecule has 52 heavy (non-hydrogen) atoms. The van der Waals surface area contributed by atoms with E-state index in [-0.39, 0.29) is 59.8 Å². The summed E-state index contributed by atoms with van der Waals surface area (Å²) in [4.78, 5) is 61.7. The van der Waals surface area contributed by atoms with Gasteiger partial charge in [-0.1, -0.05) is 0 Å². The number of hydrogen-bond donors (Lipinski definition) is 4. The Morgan fingerprint density at radius 3 is 2.42 bits per heavy atom. The van der Waals surface area contributed by atoms with Crippen LogP contribution in [0.2, 0.25) is 0 Å². The topological polar surface area (TPSA) is 284 Å². The molecule has 0 radical (unpaired) electrons. The van der Waals surface area contributed by atoms with Gasteiger partial charge in [-0.3, -0.25) is 28.3 Å². The standard InChI is InChI=1S/C29H41FN11O10P/c1-12(2)47-8-16-14(21(46-5)28(49-16)41-11-37-20-25(41)38-29(32)39-26(20)43)6-17(42)33-7-15-22(51-52(44,45)50-13(3)4)18(30)27(48-15)40-10-36-19-23(31)34-9-35-24(19)40/h9-16,18,21-22,27-28H,6-8H2,1-5H3,(H,33,42)(H,44,45)(H2,31,34,35)(H3,32,38,39,43)/p-1/t14-,15-,16-,18-,21-,22-,27-,28-/m1/s1. The summed E-state index contributed by atoms with van der Waals surface area (Å²) in [6.07, 6.45) is -6.32. The number of nitrogen functional groups attached to an aromatic ring is 2. The second kappa shape index (κ2) is 15.1. The lowest BCUT2D eigenvalue weighted by molar-refractivity contribution is -0.235. The fourth-order valence-corrected chi connectivity index (χ4v) is 7.44. The number of amides is 1. The lowest BCUT2D eigenvalue weighted by Gasteiger charge is -2.30. The number of H-pyrrole nitrogens is 1. The van der Waals surface area contributed by atoms with Gasteiger partial charge in [-0.25, -0.2) is 24.3 Å². The number of fused-ring (bicyclic) bond motifs is 2. The summed E-state index contributed by atoms with van der Waals surface area (Å²) < 4.78 is 65.8. The van der Waals surface area contributed by atoms with E-state index in [4.69, 9.17) is 39.5 Å². The minimum Gasteiger partial charge on any atom is -0.756 e. The van der Waals surface area contributed by atoms with Crippen LogP contribution in [0, 0.1) is 5.92 Å². The normalized spacial score (nSPS) is 27.6. The summed E-state index contributed by atoms with van der Waals surface area (Å²) in [5.74, 6) is -1.23. The average Bonchev–Trinajstić information content (AvgIpc) is 3.83. The molecule has 284 valence electrons. The fraction of sp³-hybridized carbons (Fsp3) is 0.621. The van der Waals surface area contributed by atoms with Gasteiger partial charge in [-0.05, 0) is 27.7 Å². The molecule has 6 rings (SSSR count). The summed E-state index contributed by atoms with van der Waals surface area (Å²) in [7, 11) is -3.59. The summed E-state index contributed by atoms with van der Waals surface area (Å²) >= 11 is 0. The largest absolute Gasteiger partial charge is 0.756 e. The number of nitrogens with one attached hydrogen (secondary N) is 2. The minimum atomic E-state index is -5.04. The molecule has 6 N–H and O–H groups in total. The number of alkyl halides is 1. The Hall–Kier alpha value is -4.15. The molecule has 0 saturated carbocycles. The molecular formula is C29H40FN11O10P-. The van der Waals surface area contributed by atoms with E-state index in [9.17, 15) is 19.0 Å². The van der Waals surface area contributed by atoms with Crippen LogP contribution < -0.4 is 27.2 Å². The zero-order valence-electron chi connectivity index (χ0n) is 28.8. The van der Waals surface area contributed by atoms with E-state index in [0.717, 1.165) is 6.33 Å². The van der Waals surface area contributed by atoms with Gasteiger partial charge in [-0.15, -0.1) is 0 Å². The summed E-state index contributed by atoms with van der Waals surface area (Å²) in [6, 6.07) is 0. The van der Waals surface area contributed by atoms with Gasteiger partial charge >= 0.3 is 0 Å². The molecule has 1 amide bonds. The van der Waals surface area contributed by atoms with Crippen molar-refractivity contribution in [1.82, 2.24) is 44.4 Å². The van der Waals surface area contributed by atoms with Crippen LogP contribution in [0.25, 0.3) is 22.3 Å². The number of nitrogens with zero attached hydrogens (tertiary/aromatic N) is 7. The number of hydrogen-bond acceptors (Lipinski definition) is 17. The molecule has 6 heterocycles. The average molecular weight is 753 g/mol. The summed E-state index contributed by atoms with van der Waals surface area (Å²) in [5.41, 5.74) is 11.6. The monoisotopic (exact) mass is 752 g/mol. The van der Waals surface area contributed by atoms with Crippen LogP contribution in [-0.4, -0.2) is 108 Å². The molecule has 0 aliphatic carbocycles. The van der Waals surface area contributed by atoms with Gasteiger partial charge in [0.15, 0.2) is 41.3 Å². The van der Waals surface area contributed by atoms with Gasteiger partial charge in [-0.2, -0.15) is 4.98 Å². The van der Waals surface area contributed by atoms with Gasteiger partial charge in [0.25, 0.3) is 13.4 Å². The molecule has 2 aliphatic rings. The Bertz CT molecular complexity index is 2010. The number of aromatic nitrogens is 8. The Kier molecular flexibility index (Phi) is 10.9. The number of nitrogens with two attached hydrogens (primary N) is 2. The molecule has 21 nitrogen and oxygen atoms in total. The SMILES string of the molecule is CO[C@@H]1[C@H](CC(=O)NC[C@H]2O[C@@H](n3cnc4c(N)ncnc43)[C@H](F)[C@@H]2OP(=O)([O-])OC(C)C)[C@@H](COC(C)C)O[C@H]1n1cnc2c(=O)[nH]c(N)nc21. The van der Waals surface area contributed by atoms with E-state index in [2.05, 4.69) is 35.2 Å². The molecule has 0 spiro atoms. The molecule has 2 aliphatic heterocycles. The molecule has 9 atom stereocenters. The Morgan fingerprint density at radius 2 is 1.73 bits per heavy atom. The molecule has 2 fully saturated rings. The van der Waals surface area contributed by atoms with Crippen LogP contribution in [0.5, 0.6) is 0 Å². The van der Waals surface area contributed by atoms with Crippen molar-refractivity contribution in [3.63, 3.8) is 0 Å². The zero-order chi connectivity index (χ0) is 37.5. The van der Waals surface area contributed by atoms with Crippen LogP contribution in [0.1, 0.15) is 46.6 Å². The van der Waals surface area contributed by atoms with E-state index in [1.807, 2.05) is 13.8 Å². The third-order valence-electron chi connectivity index (χ3n) is 8.53. The molecular weight excluding hydrogens is 712 g/mol. The molecule has 0 bridgehead atoms. The number of imidazole rings is 2. The molecule has 2 saturated heterocycles. The van der Waals surface area contributed by atoms with Crippen molar-refractivity contribution in [2.24, 2.45) is 5.92 Å². The maximum atomic E-state index is 16.2. The van der Waals surface area contributed by atoms with Crippen LogP contribution in [-0.2, 0) is 37.4 Å². The minimum absolute atomic E-state index is 0.0302. The van der Waals surface area contributed by atoms with Crippen LogP contribution in [0.15, 0.2) is 23.8 Å². The highest BCUT2D eigenvalue weighted by atomic mass is 31.2. The van der Waals surface area contributed by atoms with Crippen molar-refractivity contribution < 1.29 is 46.6 Å². The van der Waals surface area contributed by atoms with E-state index in [0.29, 0.717) is 0 Å². The number of rotatable bonds is 14. The van der Waals surface area contributed by atoms with Crippen molar-refractivity contribution in [2.45, 2.75) is 89.4 Å². The number of phosphoric ester groups is 1. The van der Waals surface area contributed by atoms with Gasteiger partial charge in [0, 0.05) is 26.0 Å². The van der Waals surface area contributed by atoms with Crippen LogP contribution in [0.4, 0.5) is 16.2 Å². The third kappa shape index (κ3) is 7.64. The predicted octanol–water partition coefficient (Wildman–Crippen LogP) is 0.0979. The summed E-state index contributed by atoms with van der Waals surface area (Å²) in [5, 5.41) is 2.71. The molecule has 23 heteroatoms. The Balaban J connectivity index is 1.22. The molecule has 1 unspecified atom stereocenters. The lowest BCUT2D eigenvalue weighted by Crippen LogP contribution is -2.42. The smallest absolute Gasteiger partial charge is 0.280 e. The summed E-state index contributed by atoms with van der Waals surface area (Å²) in [6.45, 7) is 6.35. The van der Waals surface area contributed by atoms with Gasteiger partial charge < -0.3 is 49.7 Å². The van der Waals surface area contributed by atoms with Crippen molar-refractivity contribution in [1.29, 1.82) is 0 Å². The first-order valence-corrected chi connectivity index (χ1v) is 17.8. The third-order valence-corrected chi connectivity index (χ3v) is 9.71. The van der Waals surface area contributed by atoms with E-state index in [1.54, 1.807) is 0 Å². The zero-order valence-corrected chi connectivity index (χ0v) is 29.7. The number of carbonyl (C=O) groups excluding carboxylic acids is 1. The van der Waals surface area contributed by atoms with Crippen molar-refractivity contribution >= 4 is 47.8 Å². The number of phosphoric acid groups is 1. The number of anilines is 2. The first-order valence-electron chi connectivity index (χ1n) is 16.4. The van der Waals surface area contributed by atoms with Crippen molar-refractivity contribution in [3.05, 3.63) is 29.3 Å². The molecule has 0 aromatic carbocycles. The number of halogens is 1. The van der Waals surface area contributed by atoms with Gasteiger partial charge in [0.2, 0.25) is 11.9 Å². The Morgan fingerprint density at radius 1 is 1.04 bits per heavy atom. The van der Waals surface area contributed by atoms with E-state index in [1.165, 1.54) is 42.7 Å². The van der Waals surface area contributed by atoms with Crippen LogP contribution in [0.3, 0.4) is 0 Å². The maximum Gasteiger partial charge on any atom is 0.280 e. The quantitative estimate of drug-likeness (QED) is 0.124. The number of methoxy groups -OCH3 is 1. The van der Waals surface area contributed by atoms with Gasteiger partial charge in [0.05, 0.1) is 37.6 Å². The van der Waals surface area contributed by atoms with Crippen LogP contribution >= 0.6 is 7.82 Å². The number of carbonyl (C=O) groups is 1. The highest BCUT2D eigenvalue weighted by molar-refractivity contribution is 7.45. The molecule has 4 aromatic heterocycles. The fourth-order valence-electron chi connectivity index (χ4n) is 6.32. The first kappa shape index (κ1) is 37.6. The highest BCUT2D eigenvalue weighted by Crippen LogP contribution is 2.47. The maximum absolute atomic E-state index is 16.2. The molecule has 4 aromatic rings. The van der Waals surface area contributed by atoms with Crippen molar-refractivity contribution in [3.8, 4) is 0 Å². The second-order valence-corrected chi connectivity index (χ2v) is 14.2. The number of aromatic amines is 1. The van der Waals surface area contributed by atoms with Crippen molar-refractivity contribution in [2.75, 3.05) is 31.7 Å². The first-order chi connectivity index (χ1) is 24.7. The van der Waals surface area contributed by atoms with E-state index >= 15 is 4.39 Å². The lowest BCUT2D eigenvalue weighted by atomic mass is 9.93. The van der Waals surface area contributed by atoms with E-state index < -0.39 is 74.4 Å². The highest BCUT2D eigenvalue weighted by Gasteiger charge is 2.50.